The molecule has 1 atom stereocenters. The van der Waals surface area contributed by atoms with Gasteiger partial charge in [-0.3, -0.25) is 4.55 Å². The van der Waals surface area contributed by atoms with Gasteiger partial charge in [0.1, 0.15) is 5.25 Å². The Morgan fingerprint density at radius 2 is 2.03 bits per heavy atom. The predicted molar refractivity (Wildman–Crippen MR) is 142 cm³/mol. The predicted octanol–water partition coefficient (Wildman–Crippen LogP) is 4.62. The van der Waals surface area contributed by atoms with E-state index in [1.807, 2.05) is 30.3 Å². The average Bonchev–Trinajstić information content (AvgIpc) is 3.18. The number of rotatable bonds is 8. The molecule has 2 N–H and O–H groups in total. The summed E-state index contributed by atoms with van der Waals surface area (Å²) in [5.41, 5.74) is 5.64. The Morgan fingerprint density at radius 3 is 2.74 bits per heavy atom. The van der Waals surface area contributed by atoms with Crippen LogP contribution in [0.25, 0.3) is 16.3 Å². The summed E-state index contributed by atoms with van der Waals surface area (Å²) in [6, 6.07) is 16.3. The summed E-state index contributed by atoms with van der Waals surface area (Å²) in [5.74, 6) is 0. The highest BCUT2D eigenvalue weighted by molar-refractivity contribution is 8.15. The quantitative estimate of drug-likeness (QED) is 0.199. The number of benzene rings is 2. The standard InChI is InChI=1S/C24H24N4O3S3/c1-3-17-8-10-18(11-9-17)15-28-21-6-4-5-7-22(21)33-24(28)27-26-16-32-23-14-19(34(29,30)31)12-13-20(23)25-2/h3-11,13-14,16,19,25H,1,12,15H2,2H3,(H,29,30,31). The number of likely N-dealkylation sites (N-methyl/N-ethyl adjacent to an activating group) is 1. The molecule has 0 fully saturated rings. The summed E-state index contributed by atoms with van der Waals surface area (Å²) in [7, 11) is -2.39. The molecule has 1 heterocycles. The SMILES string of the molecule is C=Cc1ccc(Cn2c(=NN=CSC3=CC(S(=O)(=O)O)CC=C3NC)sc3ccccc32)cc1. The normalized spacial score (nSPS) is 17.1. The van der Waals surface area contributed by atoms with E-state index < -0.39 is 15.4 Å². The number of thiazole rings is 1. The maximum absolute atomic E-state index is 11.5. The van der Waals surface area contributed by atoms with Gasteiger partial charge in [-0.2, -0.15) is 8.42 Å². The van der Waals surface area contributed by atoms with E-state index in [-0.39, 0.29) is 6.42 Å². The van der Waals surface area contributed by atoms with Crippen molar-refractivity contribution in [2.45, 2.75) is 18.2 Å². The summed E-state index contributed by atoms with van der Waals surface area (Å²) >= 11 is 2.80. The van der Waals surface area contributed by atoms with Gasteiger partial charge in [0.15, 0.2) is 0 Å². The van der Waals surface area contributed by atoms with E-state index in [9.17, 15) is 13.0 Å². The Balaban J connectivity index is 1.61. The van der Waals surface area contributed by atoms with Crippen LogP contribution in [0.4, 0.5) is 0 Å². The van der Waals surface area contributed by atoms with Crippen LogP contribution in [0.5, 0.6) is 0 Å². The van der Waals surface area contributed by atoms with Crippen LogP contribution in [0.1, 0.15) is 17.5 Å². The maximum Gasteiger partial charge on any atom is 0.271 e. The minimum absolute atomic E-state index is 0.218. The molecule has 4 rings (SSSR count). The zero-order valence-electron chi connectivity index (χ0n) is 18.5. The van der Waals surface area contributed by atoms with Crippen molar-refractivity contribution in [1.82, 2.24) is 9.88 Å². The van der Waals surface area contributed by atoms with Crippen molar-refractivity contribution >= 4 is 55.1 Å². The first-order valence-electron chi connectivity index (χ1n) is 10.5. The van der Waals surface area contributed by atoms with E-state index in [0.717, 1.165) is 31.8 Å². The summed E-state index contributed by atoms with van der Waals surface area (Å²) in [5, 5.41) is 10.8. The molecule has 0 bridgehead atoms. The largest absolute Gasteiger partial charge is 0.387 e. The molecule has 3 aromatic rings. The first kappa shape index (κ1) is 24.2. The van der Waals surface area contributed by atoms with Gasteiger partial charge in [-0.25, -0.2) is 0 Å². The maximum atomic E-state index is 11.5. The Morgan fingerprint density at radius 1 is 1.26 bits per heavy atom. The third-order valence-electron chi connectivity index (χ3n) is 5.32. The van der Waals surface area contributed by atoms with Crippen LogP contribution in [0, 0.1) is 0 Å². The molecule has 1 aliphatic rings. The number of allylic oxidation sites excluding steroid dienone is 1. The van der Waals surface area contributed by atoms with Crippen LogP contribution in [-0.2, 0) is 16.7 Å². The number of hydrogen-bond acceptors (Lipinski definition) is 7. The lowest BCUT2D eigenvalue weighted by Crippen LogP contribution is -2.22. The van der Waals surface area contributed by atoms with Gasteiger partial charge >= 0.3 is 0 Å². The number of thioether (sulfide) groups is 1. The molecule has 0 saturated heterocycles. The molecular formula is C24H24N4O3S3. The Labute approximate surface area is 206 Å². The first-order valence-corrected chi connectivity index (χ1v) is 13.7. The molecule has 0 aliphatic heterocycles. The topological polar surface area (TPSA) is 96.0 Å². The van der Waals surface area contributed by atoms with E-state index in [1.165, 1.54) is 17.8 Å². The fourth-order valence-corrected chi connectivity index (χ4v) is 6.03. The fraction of sp³-hybridized carbons (Fsp3) is 0.167. The number of para-hydroxylation sites is 1. The second kappa shape index (κ2) is 10.6. The van der Waals surface area contributed by atoms with Gasteiger partial charge in [-0.1, -0.05) is 78.2 Å². The number of nitrogens with one attached hydrogen (secondary N) is 1. The third-order valence-corrected chi connectivity index (χ3v) is 8.28. The van der Waals surface area contributed by atoms with E-state index >= 15 is 0 Å². The molecule has 2 aromatic carbocycles. The fourth-order valence-electron chi connectivity index (χ4n) is 3.54. The van der Waals surface area contributed by atoms with Crippen molar-refractivity contribution in [2.24, 2.45) is 10.2 Å². The smallest absolute Gasteiger partial charge is 0.271 e. The van der Waals surface area contributed by atoms with Crippen LogP contribution in [-0.4, -0.2) is 35.4 Å². The van der Waals surface area contributed by atoms with Gasteiger partial charge in [-0.15, -0.1) is 10.2 Å². The van der Waals surface area contributed by atoms with Crippen molar-refractivity contribution in [3.63, 3.8) is 0 Å². The highest BCUT2D eigenvalue weighted by Gasteiger charge is 2.24. The molecule has 0 saturated carbocycles. The molecule has 7 nitrogen and oxygen atoms in total. The summed E-state index contributed by atoms with van der Waals surface area (Å²) in [6.45, 7) is 4.45. The molecule has 10 heteroatoms. The zero-order chi connectivity index (χ0) is 24.1. The molecule has 176 valence electrons. The van der Waals surface area contributed by atoms with E-state index in [1.54, 1.807) is 30.0 Å². The van der Waals surface area contributed by atoms with Gasteiger partial charge in [0.05, 0.1) is 22.3 Å². The summed E-state index contributed by atoms with van der Waals surface area (Å²) in [6.07, 6.45) is 5.32. The number of aromatic nitrogens is 1. The van der Waals surface area contributed by atoms with Gasteiger partial charge in [-0.05, 0) is 35.8 Å². The highest BCUT2D eigenvalue weighted by atomic mass is 32.2. The summed E-state index contributed by atoms with van der Waals surface area (Å²) < 4.78 is 35.7. The van der Waals surface area contributed by atoms with E-state index in [0.29, 0.717) is 11.4 Å². The second-order valence-electron chi connectivity index (χ2n) is 7.51. The summed E-state index contributed by atoms with van der Waals surface area (Å²) in [4.78, 5) is 1.42. The van der Waals surface area contributed by atoms with Crippen LogP contribution < -0.4 is 10.1 Å². The van der Waals surface area contributed by atoms with Crippen LogP contribution >= 0.6 is 23.1 Å². The van der Waals surface area contributed by atoms with Crippen molar-refractivity contribution in [3.05, 3.63) is 93.8 Å². The molecule has 1 aliphatic carbocycles. The van der Waals surface area contributed by atoms with Gasteiger partial charge in [0, 0.05) is 17.6 Å². The molecule has 1 unspecified atom stereocenters. The minimum atomic E-state index is -4.16. The lowest BCUT2D eigenvalue weighted by atomic mass is 10.1. The van der Waals surface area contributed by atoms with Crippen LogP contribution in [0.2, 0.25) is 0 Å². The lowest BCUT2D eigenvalue weighted by molar-refractivity contribution is 0.474. The average molecular weight is 513 g/mol. The molecule has 1 aromatic heterocycles. The zero-order valence-corrected chi connectivity index (χ0v) is 20.9. The van der Waals surface area contributed by atoms with Crippen LogP contribution in [0.3, 0.4) is 0 Å². The minimum Gasteiger partial charge on any atom is -0.387 e. The Bertz CT molecular complexity index is 1460. The van der Waals surface area contributed by atoms with Crippen molar-refractivity contribution in [3.8, 4) is 0 Å². The second-order valence-corrected chi connectivity index (χ2v) is 11.0. The van der Waals surface area contributed by atoms with Crippen molar-refractivity contribution in [2.75, 3.05) is 7.05 Å². The van der Waals surface area contributed by atoms with Gasteiger partial charge in [0.25, 0.3) is 10.1 Å². The number of nitrogens with zero attached hydrogens (tertiary/aromatic N) is 3. The van der Waals surface area contributed by atoms with Crippen LogP contribution in [0.15, 0.2) is 88.1 Å². The van der Waals surface area contributed by atoms with E-state index in [2.05, 4.69) is 50.9 Å². The molecule has 34 heavy (non-hydrogen) atoms. The Hall–Kier alpha value is -2.92. The van der Waals surface area contributed by atoms with Gasteiger partial charge < -0.3 is 9.88 Å². The first-order chi connectivity index (χ1) is 16.4. The molecule has 0 amide bonds. The lowest BCUT2D eigenvalue weighted by Gasteiger charge is -2.18. The third kappa shape index (κ3) is 5.58. The van der Waals surface area contributed by atoms with Crippen molar-refractivity contribution in [1.29, 1.82) is 0 Å². The number of fused-ring (bicyclic) bond motifs is 1. The molecular weight excluding hydrogens is 488 g/mol. The number of hydrogen-bond donors (Lipinski definition) is 2. The molecule has 0 spiro atoms. The highest BCUT2D eigenvalue weighted by Crippen LogP contribution is 2.28. The monoisotopic (exact) mass is 512 g/mol. The molecule has 0 radical (unpaired) electrons. The Kier molecular flexibility index (Phi) is 7.52. The van der Waals surface area contributed by atoms with Crippen molar-refractivity contribution < 1.29 is 13.0 Å². The van der Waals surface area contributed by atoms with E-state index in [4.69, 9.17) is 0 Å². The van der Waals surface area contributed by atoms with Gasteiger partial charge in [0.2, 0.25) is 4.80 Å².